The molecule has 108 valence electrons. The van der Waals surface area contributed by atoms with Gasteiger partial charge < -0.3 is 4.42 Å². The summed E-state index contributed by atoms with van der Waals surface area (Å²) in [5.74, 6) is 2.64. The number of hydrazone groups is 1. The quantitative estimate of drug-likeness (QED) is 0.673. The second-order valence-corrected chi connectivity index (χ2v) is 6.09. The Morgan fingerprint density at radius 2 is 2.14 bits per heavy atom. The zero-order valence-electron chi connectivity index (χ0n) is 11.5. The van der Waals surface area contributed by atoms with Gasteiger partial charge in [0.1, 0.15) is 11.5 Å². The Kier molecular flexibility index (Phi) is 3.92. The second-order valence-electron chi connectivity index (χ2n) is 5.24. The molecule has 1 amide bonds. The van der Waals surface area contributed by atoms with Gasteiger partial charge >= 0.3 is 0 Å². The summed E-state index contributed by atoms with van der Waals surface area (Å²) >= 11 is 3.33. The fourth-order valence-electron chi connectivity index (χ4n) is 2.22. The highest BCUT2D eigenvalue weighted by Gasteiger charge is 2.36. The lowest BCUT2D eigenvalue weighted by Crippen LogP contribution is -2.17. The number of furan rings is 1. The molecule has 4 nitrogen and oxygen atoms in total. The average molecular weight is 347 g/mol. The fraction of sp³-hybridized carbons (Fsp3) is 0.250. The van der Waals surface area contributed by atoms with Gasteiger partial charge in [-0.15, -0.1) is 0 Å². The van der Waals surface area contributed by atoms with Crippen LogP contribution in [0.25, 0.3) is 0 Å². The summed E-state index contributed by atoms with van der Waals surface area (Å²) in [5, 5.41) is 3.93. The molecule has 0 bridgehead atoms. The van der Waals surface area contributed by atoms with Crippen LogP contribution >= 0.6 is 15.9 Å². The third-order valence-electron chi connectivity index (χ3n) is 3.60. The summed E-state index contributed by atoms with van der Waals surface area (Å²) < 4.78 is 6.42. The van der Waals surface area contributed by atoms with E-state index in [1.807, 2.05) is 24.3 Å². The third kappa shape index (κ3) is 3.24. The molecule has 21 heavy (non-hydrogen) atoms. The average Bonchev–Trinajstić information content (AvgIpc) is 3.01. The number of hydrogen-bond acceptors (Lipinski definition) is 3. The fourth-order valence-corrected chi connectivity index (χ4v) is 2.68. The van der Waals surface area contributed by atoms with E-state index in [4.69, 9.17) is 4.42 Å². The number of benzene rings is 1. The van der Waals surface area contributed by atoms with Gasteiger partial charge in [-0.25, -0.2) is 5.43 Å². The molecule has 1 aliphatic carbocycles. The predicted molar refractivity (Wildman–Crippen MR) is 84.4 cm³/mol. The van der Waals surface area contributed by atoms with Crippen LogP contribution in [0.3, 0.4) is 0 Å². The molecule has 1 heterocycles. The van der Waals surface area contributed by atoms with Crippen LogP contribution in [0.15, 0.2) is 50.4 Å². The lowest BCUT2D eigenvalue weighted by atomic mass is 10.2. The van der Waals surface area contributed by atoms with Crippen molar-refractivity contribution in [2.75, 3.05) is 0 Å². The molecule has 0 aliphatic heterocycles. The topological polar surface area (TPSA) is 54.6 Å². The van der Waals surface area contributed by atoms with Crippen molar-refractivity contribution in [3.8, 4) is 0 Å². The maximum absolute atomic E-state index is 11.9. The maximum Gasteiger partial charge on any atom is 0.272 e. The molecule has 0 unspecified atom stereocenters. The van der Waals surface area contributed by atoms with Crippen molar-refractivity contribution >= 4 is 28.1 Å². The van der Waals surface area contributed by atoms with Gasteiger partial charge in [0.25, 0.3) is 5.91 Å². The highest BCUT2D eigenvalue weighted by molar-refractivity contribution is 9.10. The second kappa shape index (κ2) is 5.85. The summed E-state index contributed by atoms with van der Waals surface area (Å²) in [7, 11) is 0. The smallest absolute Gasteiger partial charge is 0.272 e. The normalized spacial score (nSPS) is 20.7. The first-order chi connectivity index (χ1) is 10.1. The number of nitrogens with one attached hydrogen (secondary N) is 1. The van der Waals surface area contributed by atoms with Gasteiger partial charge in [0, 0.05) is 10.4 Å². The van der Waals surface area contributed by atoms with Crippen LogP contribution in [-0.4, -0.2) is 12.1 Å². The minimum atomic E-state index is -0.263. The van der Waals surface area contributed by atoms with Crippen molar-refractivity contribution in [3.63, 3.8) is 0 Å². The zero-order valence-corrected chi connectivity index (χ0v) is 13.1. The molecule has 5 heteroatoms. The summed E-state index contributed by atoms with van der Waals surface area (Å²) in [5.41, 5.74) is 3.03. The molecule has 1 aromatic carbocycles. The van der Waals surface area contributed by atoms with Gasteiger partial charge in [0.05, 0.1) is 11.8 Å². The van der Waals surface area contributed by atoms with E-state index in [0.29, 0.717) is 23.2 Å². The van der Waals surface area contributed by atoms with E-state index < -0.39 is 0 Å². The number of hydrogen-bond donors (Lipinski definition) is 1. The van der Waals surface area contributed by atoms with Crippen molar-refractivity contribution in [3.05, 3.63) is 58.0 Å². The summed E-state index contributed by atoms with van der Waals surface area (Å²) in [6.45, 7) is 2.21. The summed E-state index contributed by atoms with van der Waals surface area (Å²) in [4.78, 5) is 11.9. The number of amides is 1. The Bertz CT molecular complexity index is 693. The number of carbonyl (C=O) groups is 1. The van der Waals surface area contributed by atoms with E-state index in [-0.39, 0.29) is 5.91 Å². The predicted octanol–water partition coefficient (Wildman–Crippen LogP) is 3.93. The van der Waals surface area contributed by atoms with Crippen LogP contribution in [0.1, 0.15) is 41.1 Å². The first kappa shape index (κ1) is 14.1. The summed E-state index contributed by atoms with van der Waals surface area (Å²) in [6, 6.07) is 11.1. The van der Waals surface area contributed by atoms with Crippen molar-refractivity contribution < 1.29 is 9.21 Å². The third-order valence-corrected chi connectivity index (χ3v) is 4.29. The lowest BCUT2D eigenvalue weighted by molar-refractivity contribution is 0.0954. The number of nitrogens with zero attached hydrogens (tertiary/aromatic N) is 1. The molecule has 0 saturated heterocycles. The van der Waals surface area contributed by atoms with Crippen LogP contribution in [0.2, 0.25) is 0 Å². The SMILES string of the molecule is C[C@@H]1C[C@@H]1c1ccc(/C=N\NC(=O)c2ccccc2Br)o1. The summed E-state index contributed by atoms with van der Waals surface area (Å²) in [6.07, 6.45) is 2.70. The van der Waals surface area contributed by atoms with Gasteiger partial charge in [-0.1, -0.05) is 19.1 Å². The molecule has 1 fully saturated rings. The van der Waals surface area contributed by atoms with Crippen LogP contribution in [-0.2, 0) is 0 Å². The minimum Gasteiger partial charge on any atom is -0.460 e. The van der Waals surface area contributed by atoms with Crippen molar-refractivity contribution in [1.82, 2.24) is 5.43 Å². The van der Waals surface area contributed by atoms with Gasteiger partial charge in [-0.3, -0.25) is 4.79 Å². The Morgan fingerprint density at radius 1 is 1.38 bits per heavy atom. The molecule has 1 aromatic heterocycles. The molecule has 2 aromatic rings. The molecule has 1 N–H and O–H groups in total. The first-order valence-electron chi connectivity index (χ1n) is 6.83. The first-order valence-corrected chi connectivity index (χ1v) is 7.62. The Balaban J connectivity index is 1.61. The van der Waals surface area contributed by atoms with Gasteiger partial charge in [-0.05, 0) is 52.5 Å². The Labute approximate surface area is 131 Å². The van der Waals surface area contributed by atoms with Crippen molar-refractivity contribution in [2.45, 2.75) is 19.3 Å². The monoisotopic (exact) mass is 346 g/mol. The number of carbonyl (C=O) groups excluding carboxylic acids is 1. The van der Waals surface area contributed by atoms with E-state index >= 15 is 0 Å². The standard InChI is InChI=1S/C16H15BrN2O2/c1-10-8-13(10)15-7-6-11(21-15)9-18-19-16(20)12-4-2-3-5-14(12)17/h2-7,9-10,13H,8H2,1H3,(H,19,20)/b18-9-/t10-,13+/m1/s1. The van der Waals surface area contributed by atoms with Gasteiger partial charge in [-0.2, -0.15) is 5.10 Å². The van der Waals surface area contributed by atoms with Crippen LogP contribution in [0.5, 0.6) is 0 Å². The number of rotatable bonds is 4. The molecular weight excluding hydrogens is 332 g/mol. The van der Waals surface area contributed by atoms with Crippen LogP contribution in [0, 0.1) is 5.92 Å². The maximum atomic E-state index is 11.9. The van der Waals surface area contributed by atoms with Gasteiger partial charge in [0.15, 0.2) is 0 Å². The highest BCUT2D eigenvalue weighted by Crippen LogP contribution is 2.47. The molecule has 1 aliphatic rings. The number of halogens is 1. The van der Waals surface area contributed by atoms with Crippen LogP contribution in [0.4, 0.5) is 0 Å². The molecule has 2 atom stereocenters. The van der Waals surface area contributed by atoms with Crippen molar-refractivity contribution in [1.29, 1.82) is 0 Å². The molecule has 0 radical (unpaired) electrons. The van der Waals surface area contributed by atoms with E-state index in [1.54, 1.807) is 12.1 Å². The Morgan fingerprint density at radius 3 is 2.86 bits per heavy atom. The molecule has 3 rings (SSSR count). The zero-order chi connectivity index (χ0) is 14.8. The lowest BCUT2D eigenvalue weighted by Gasteiger charge is -2.01. The van der Waals surface area contributed by atoms with E-state index in [9.17, 15) is 4.79 Å². The largest absolute Gasteiger partial charge is 0.460 e. The molecule has 0 spiro atoms. The molecule has 1 saturated carbocycles. The van der Waals surface area contributed by atoms with E-state index in [0.717, 1.165) is 10.2 Å². The Hall–Kier alpha value is -1.88. The van der Waals surface area contributed by atoms with E-state index in [1.165, 1.54) is 12.6 Å². The molecular formula is C16H15BrN2O2. The van der Waals surface area contributed by atoms with Crippen molar-refractivity contribution in [2.24, 2.45) is 11.0 Å². The van der Waals surface area contributed by atoms with Gasteiger partial charge in [0.2, 0.25) is 0 Å². The van der Waals surface area contributed by atoms with Crippen LogP contribution < -0.4 is 5.43 Å². The van der Waals surface area contributed by atoms with E-state index in [2.05, 4.69) is 33.4 Å². The minimum absolute atomic E-state index is 0.263. The highest BCUT2D eigenvalue weighted by atomic mass is 79.9.